The molecule has 0 amide bonds. The van der Waals surface area contributed by atoms with Gasteiger partial charge < -0.3 is 15.5 Å². The van der Waals surface area contributed by atoms with Gasteiger partial charge in [0.1, 0.15) is 24.3 Å². The Morgan fingerprint density at radius 2 is 2.16 bits per heavy atom. The fraction of sp³-hybridized carbons (Fsp3) is 0.320. The number of benzene rings is 1. The lowest BCUT2D eigenvalue weighted by Gasteiger charge is -2.13. The van der Waals surface area contributed by atoms with Crippen molar-refractivity contribution < 1.29 is 9.13 Å². The predicted molar refractivity (Wildman–Crippen MR) is 129 cm³/mol. The summed E-state index contributed by atoms with van der Waals surface area (Å²) in [5.41, 5.74) is 4.85. The molecule has 32 heavy (non-hydrogen) atoms. The first-order chi connectivity index (χ1) is 15.5. The van der Waals surface area contributed by atoms with Gasteiger partial charge in [-0.1, -0.05) is 36.4 Å². The van der Waals surface area contributed by atoms with Crippen molar-refractivity contribution in [3.63, 3.8) is 0 Å². The van der Waals surface area contributed by atoms with Crippen LogP contribution >= 0.6 is 11.6 Å². The quantitative estimate of drug-likeness (QED) is 0.138. The van der Waals surface area contributed by atoms with Crippen molar-refractivity contribution in [2.24, 2.45) is 4.99 Å². The first-order valence-electron chi connectivity index (χ1n) is 10.5. The third-order valence-corrected chi connectivity index (χ3v) is 5.27. The summed E-state index contributed by atoms with van der Waals surface area (Å²) < 4.78 is 18.9. The minimum Gasteiger partial charge on any atom is -0.491 e. The van der Waals surface area contributed by atoms with Gasteiger partial charge in [-0.25, -0.2) is 9.38 Å². The van der Waals surface area contributed by atoms with Crippen molar-refractivity contribution in [2.75, 3.05) is 19.7 Å². The molecule has 0 saturated carbocycles. The van der Waals surface area contributed by atoms with E-state index in [9.17, 15) is 4.39 Å². The minimum atomic E-state index is -0.275. The lowest BCUT2D eigenvalue weighted by Crippen LogP contribution is -2.23. The monoisotopic (exact) mass is 454 g/mol. The van der Waals surface area contributed by atoms with Crippen LogP contribution in [-0.4, -0.2) is 31.1 Å². The van der Waals surface area contributed by atoms with Crippen LogP contribution in [0, 0.1) is 22.6 Å². The van der Waals surface area contributed by atoms with Gasteiger partial charge in [0.15, 0.2) is 0 Å². The largest absolute Gasteiger partial charge is 0.491 e. The fourth-order valence-corrected chi connectivity index (χ4v) is 3.75. The van der Waals surface area contributed by atoms with Gasteiger partial charge >= 0.3 is 0 Å². The van der Waals surface area contributed by atoms with Gasteiger partial charge in [-0.3, -0.25) is 0 Å². The molecule has 0 heterocycles. The van der Waals surface area contributed by atoms with Crippen LogP contribution in [0.3, 0.4) is 0 Å². The summed E-state index contributed by atoms with van der Waals surface area (Å²) in [5, 5.41) is 20.9. The molecule has 0 spiro atoms. The van der Waals surface area contributed by atoms with Crippen LogP contribution in [0.2, 0.25) is 0 Å². The van der Waals surface area contributed by atoms with Gasteiger partial charge in [0.25, 0.3) is 0 Å². The number of nitriles is 1. The SMILES string of the molecule is C=C/C=C(C#N)\C(=C/C)OCCNCCC(=N)C1=C(/N=C/Cl)C(c2ccc(F)cc2)CC1. The smallest absolute Gasteiger partial charge is 0.132 e. The van der Waals surface area contributed by atoms with Crippen LogP contribution in [0.1, 0.15) is 37.7 Å². The predicted octanol–water partition coefficient (Wildman–Crippen LogP) is 5.78. The second kappa shape index (κ2) is 13.4. The molecule has 5 nitrogen and oxygen atoms in total. The Morgan fingerprint density at radius 1 is 1.41 bits per heavy atom. The molecule has 0 saturated heterocycles. The average molecular weight is 455 g/mol. The lowest BCUT2D eigenvalue weighted by atomic mass is 9.96. The van der Waals surface area contributed by atoms with Crippen molar-refractivity contribution >= 4 is 23.0 Å². The molecule has 1 aromatic carbocycles. The normalized spacial score (nSPS) is 17.0. The summed E-state index contributed by atoms with van der Waals surface area (Å²) in [6.45, 7) is 7.02. The molecule has 1 aliphatic rings. The van der Waals surface area contributed by atoms with E-state index in [4.69, 9.17) is 27.0 Å². The number of hydrogen-bond donors (Lipinski definition) is 2. The van der Waals surface area contributed by atoms with Crippen molar-refractivity contribution in [1.29, 1.82) is 10.7 Å². The standard InChI is InChI=1S/C25H28ClFN4O/c1-3-5-19(16-28)24(4-2)32-15-14-30-13-12-23(29)22-11-10-21(25(22)31-17-26)18-6-8-20(27)9-7-18/h3-9,17,21,29-30H,1,10-15H2,2H3/b19-5-,24-4+,29-23?,31-17+. The molecule has 1 atom stereocenters. The maximum absolute atomic E-state index is 13.3. The van der Waals surface area contributed by atoms with Gasteiger partial charge in [-0.15, -0.1) is 0 Å². The van der Waals surface area contributed by atoms with E-state index in [2.05, 4.69) is 23.0 Å². The van der Waals surface area contributed by atoms with E-state index in [1.807, 2.05) is 6.92 Å². The molecule has 0 aromatic heterocycles. The summed E-state index contributed by atoms with van der Waals surface area (Å²) in [6.07, 6.45) is 7.01. The number of aliphatic imine (C=N–C) groups is 1. The number of ether oxygens (including phenoxy) is 1. The molecule has 0 radical (unpaired) electrons. The average Bonchev–Trinajstić information content (AvgIpc) is 3.21. The minimum absolute atomic E-state index is 0.0134. The van der Waals surface area contributed by atoms with Gasteiger partial charge in [0.2, 0.25) is 0 Å². The molecule has 2 rings (SSSR count). The molecule has 7 heteroatoms. The molecule has 2 N–H and O–H groups in total. The summed E-state index contributed by atoms with van der Waals surface area (Å²) in [6, 6.07) is 8.50. The molecule has 168 valence electrons. The van der Waals surface area contributed by atoms with Gasteiger partial charge in [-0.2, -0.15) is 5.26 Å². The molecular weight excluding hydrogens is 427 g/mol. The summed E-state index contributed by atoms with van der Waals surface area (Å²) in [7, 11) is 0. The number of allylic oxidation sites excluding steroid dienone is 6. The Labute approximate surface area is 194 Å². The molecule has 0 fully saturated rings. The van der Waals surface area contributed by atoms with Gasteiger partial charge in [-0.05, 0) is 55.2 Å². The number of rotatable bonds is 12. The topological polar surface area (TPSA) is 81.3 Å². The van der Waals surface area contributed by atoms with Crippen LogP contribution in [-0.2, 0) is 4.74 Å². The Hall–Kier alpha value is -3.01. The van der Waals surface area contributed by atoms with Crippen LogP contribution in [0.4, 0.5) is 4.39 Å². The second-order valence-corrected chi connectivity index (χ2v) is 7.34. The van der Waals surface area contributed by atoms with E-state index in [1.54, 1.807) is 30.4 Å². The number of nitrogens with zero attached hydrogens (tertiary/aromatic N) is 2. The first kappa shape index (κ1) is 25.3. The number of halogens is 2. The zero-order valence-corrected chi connectivity index (χ0v) is 19.0. The highest BCUT2D eigenvalue weighted by molar-refractivity contribution is 6.56. The van der Waals surface area contributed by atoms with Crippen molar-refractivity contribution in [3.05, 3.63) is 83.1 Å². The zero-order chi connectivity index (χ0) is 23.3. The van der Waals surface area contributed by atoms with Crippen molar-refractivity contribution in [3.8, 4) is 6.07 Å². The number of hydrogen-bond acceptors (Lipinski definition) is 5. The summed E-state index contributed by atoms with van der Waals surface area (Å²) in [5.74, 6) is 0.260. The number of nitrogens with one attached hydrogen (secondary N) is 2. The molecule has 0 aliphatic heterocycles. The van der Waals surface area contributed by atoms with Crippen LogP contribution in [0.25, 0.3) is 0 Å². The van der Waals surface area contributed by atoms with E-state index in [-0.39, 0.29) is 11.7 Å². The third-order valence-electron chi connectivity index (χ3n) is 5.17. The van der Waals surface area contributed by atoms with E-state index >= 15 is 0 Å². The highest BCUT2D eigenvalue weighted by Gasteiger charge is 2.28. The van der Waals surface area contributed by atoms with E-state index in [0.29, 0.717) is 43.2 Å². The molecule has 1 unspecified atom stereocenters. The summed E-state index contributed by atoms with van der Waals surface area (Å²) in [4.78, 5) is 4.33. The van der Waals surface area contributed by atoms with Crippen LogP contribution in [0.5, 0.6) is 0 Å². The maximum atomic E-state index is 13.3. The third kappa shape index (κ3) is 7.01. The Kier molecular flexibility index (Phi) is 10.6. The summed E-state index contributed by atoms with van der Waals surface area (Å²) >= 11 is 5.76. The zero-order valence-electron chi connectivity index (χ0n) is 18.2. The maximum Gasteiger partial charge on any atom is 0.132 e. The molecule has 1 aliphatic carbocycles. The Bertz CT molecular complexity index is 971. The van der Waals surface area contributed by atoms with Gasteiger partial charge in [0.05, 0.1) is 16.9 Å². The molecular formula is C25H28ClFN4O. The lowest BCUT2D eigenvalue weighted by molar-refractivity contribution is 0.222. The highest BCUT2D eigenvalue weighted by Crippen LogP contribution is 2.41. The van der Waals surface area contributed by atoms with Crippen LogP contribution < -0.4 is 5.32 Å². The highest BCUT2D eigenvalue weighted by atomic mass is 35.5. The Balaban J connectivity index is 1.88. The van der Waals surface area contributed by atoms with Crippen molar-refractivity contribution in [2.45, 2.75) is 32.1 Å². The Morgan fingerprint density at radius 3 is 2.78 bits per heavy atom. The van der Waals surface area contributed by atoms with E-state index in [1.165, 1.54) is 17.8 Å². The first-order valence-corrected chi connectivity index (χ1v) is 10.9. The van der Waals surface area contributed by atoms with E-state index in [0.717, 1.165) is 29.7 Å². The fourth-order valence-electron chi connectivity index (χ4n) is 3.64. The van der Waals surface area contributed by atoms with Crippen LogP contribution in [0.15, 0.2) is 76.7 Å². The molecule has 0 bridgehead atoms. The molecule has 1 aromatic rings. The second-order valence-electron chi connectivity index (χ2n) is 7.14. The van der Waals surface area contributed by atoms with E-state index < -0.39 is 0 Å². The van der Waals surface area contributed by atoms with Crippen molar-refractivity contribution in [1.82, 2.24) is 5.32 Å². The van der Waals surface area contributed by atoms with Gasteiger partial charge in [0, 0.05) is 31.1 Å².